The van der Waals surface area contributed by atoms with Crippen molar-refractivity contribution in [2.45, 2.75) is 0 Å². The monoisotopic (exact) mass is 264 g/mol. The summed E-state index contributed by atoms with van der Waals surface area (Å²) in [6, 6.07) is 4.53. The first-order valence-electron chi connectivity index (χ1n) is 5.16. The van der Waals surface area contributed by atoms with Crippen molar-refractivity contribution < 1.29 is 9.18 Å². The molecule has 0 radical (unpaired) electrons. The molecule has 0 unspecified atom stereocenters. The van der Waals surface area contributed by atoms with Crippen LogP contribution in [0.25, 0.3) is 0 Å². The number of nitrogens with one attached hydrogen (secondary N) is 3. The van der Waals surface area contributed by atoms with Gasteiger partial charge in [0.15, 0.2) is 0 Å². The van der Waals surface area contributed by atoms with E-state index in [4.69, 9.17) is 5.73 Å². The Labute approximate surface area is 105 Å². The van der Waals surface area contributed by atoms with Gasteiger partial charge in [0.2, 0.25) is 0 Å². The molecule has 0 fully saturated rings. The average molecular weight is 264 g/mol. The van der Waals surface area contributed by atoms with E-state index >= 15 is 0 Å². The average Bonchev–Trinajstić information content (AvgIpc) is 2.32. The maximum absolute atomic E-state index is 13.4. The number of aromatic nitrogens is 2. The number of H-pyrrole nitrogens is 2. The Kier molecular flexibility index (Phi) is 3.15. The van der Waals surface area contributed by atoms with Crippen molar-refractivity contribution in [3.63, 3.8) is 0 Å². The first kappa shape index (κ1) is 12.6. The van der Waals surface area contributed by atoms with Crippen LogP contribution in [0.1, 0.15) is 10.5 Å². The molecule has 1 heterocycles. The number of rotatable bonds is 2. The van der Waals surface area contributed by atoms with Gasteiger partial charge >= 0.3 is 5.69 Å². The molecule has 19 heavy (non-hydrogen) atoms. The van der Waals surface area contributed by atoms with Crippen LogP contribution in [0.15, 0.2) is 33.9 Å². The summed E-state index contributed by atoms with van der Waals surface area (Å²) in [5.41, 5.74) is 3.73. The van der Waals surface area contributed by atoms with Crippen molar-refractivity contribution in [2.24, 2.45) is 0 Å². The maximum atomic E-state index is 13.4. The van der Waals surface area contributed by atoms with Crippen LogP contribution >= 0.6 is 0 Å². The lowest BCUT2D eigenvalue weighted by Crippen LogP contribution is -2.27. The number of carbonyl (C=O) groups excluding carboxylic acids is 1. The molecule has 0 spiro atoms. The quantitative estimate of drug-likeness (QED) is 0.572. The highest BCUT2D eigenvalue weighted by molar-refractivity contribution is 6.03. The fourth-order valence-electron chi connectivity index (χ4n) is 1.42. The lowest BCUT2D eigenvalue weighted by molar-refractivity contribution is 0.102. The van der Waals surface area contributed by atoms with E-state index in [2.05, 4.69) is 10.3 Å². The molecule has 5 N–H and O–H groups in total. The molecule has 1 aromatic carbocycles. The predicted molar refractivity (Wildman–Crippen MR) is 66.4 cm³/mol. The first-order valence-corrected chi connectivity index (χ1v) is 5.16. The minimum absolute atomic E-state index is 0.147. The molecule has 98 valence electrons. The SMILES string of the molecule is Nc1ccc(F)c(NC(=O)c2cc(=O)[nH]c(=O)[nH]2)c1. The molecule has 0 saturated heterocycles. The van der Waals surface area contributed by atoms with E-state index < -0.39 is 23.0 Å². The zero-order valence-corrected chi connectivity index (χ0v) is 9.49. The summed E-state index contributed by atoms with van der Waals surface area (Å²) >= 11 is 0. The van der Waals surface area contributed by atoms with Gasteiger partial charge in [-0.05, 0) is 18.2 Å². The van der Waals surface area contributed by atoms with E-state index in [1.165, 1.54) is 12.1 Å². The molecule has 2 rings (SSSR count). The van der Waals surface area contributed by atoms with Gasteiger partial charge in [0.25, 0.3) is 11.5 Å². The normalized spacial score (nSPS) is 10.2. The summed E-state index contributed by atoms with van der Waals surface area (Å²) in [7, 11) is 0. The summed E-state index contributed by atoms with van der Waals surface area (Å²) in [5.74, 6) is -1.51. The van der Waals surface area contributed by atoms with Gasteiger partial charge in [0.1, 0.15) is 11.5 Å². The van der Waals surface area contributed by atoms with Crippen molar-refractivity contribution in [1.82, 2.24) is 9.97 Å². The molecule has 1 aromatic heterocycles. The summed E-state index contributed by atoms with van der Waals surface area (Å²) in [6.45, 7) is 0. The van der Waals surface area contributed by atoms with Gasteiger partial charge in [-0.15, -0.1) is 0 Å². The second kappa shape index (κ2) is 4.77. The molecule has 8 heteroatoms. The summed E-state index contributed by atoms with van der Waals surface area (Å²) < 4.78 is 13.4. The standard InChI is InChI=1S/C11H9FN4O3/c12-6-2-1-5(13)3-7(6)14-10(18)8-4-9(17)16-11(19)15-8/h1-4H,13H2,(H,14,18)(H2,15,16,17,19). The molecule has 0 aliphatic rings. The molecule has 7 nitrogen and oxygen atoms in total. The smallest absolute Gasteiger partial charge is 0.326 e. The minimum Gasteiger partial charge on any atom is -0.399 e. The van der Waals surface area contributed by atoms with Crippen LogP contribution in [0, 0.1) is 5.82 Å². The van der Waals surface area contributed by atoms with Gasteiger partial charge in [-0.25, -0.2) is 9.18 Å². The Morgan fingerprint density at radius 3 is 2.63 bits per heavy atom. The highest BCUT2D eigenvalue weighted by Gasteiger charge is 2.11. The van der Waals surface area contributed by atoms with Crippen LogP contribution in [-0.2, 0) is 0 Å². The van der Waals surface area contributed by atoms with Gasteiger partial charge in [0.05, 0.1) is 5.69 Å². The third-order valence-corrected chi connectivity index (χ3v) is 2.24. The van der Waals surface area contributed by atoms with Crippen LogP contribution in [0.5, 0.6) is 0 Å². The fraction of sp³-hybridized carbons (Fsp3) is 0. The fourth-order valence-corrected chi connectivity index (χ4v) is 1.42. The summed E-state index contributed by atoms with van der Waals surface area (Å²) in [4.78, 5) is 37.8. The second-order valence-electron chi connectivity index (χ2n) is 3.69. The number of nitrogen functional groups attached to an aromatic ring is 1. The Bertz CT molecular complexity index is 722. The molecule has 1 amide bonds. The topological polar surface area (TPSA) is 121 Å². The lowest BCUT2D eigenvalue weighted by Gasteiger charge is -2.06. The van der Waals surface area contributed by atoms with Crippen molar-refractivity contribution in [2.75, 3.05) is 11.1 Å². The van der Waals surface area contributed by atoms with E-state index in [1.54, 1.807) is 0 Å². The van der Waals surface area contributed by atoms with Gasteiger partial charge in [-0.2, -0.15) is 0 Å². The number of halogens is 1. The molecular formula is C11H9FN4O3. The number of anilines is 2. The number of amides is 1. The Hall–Kier alpha value is -2.90. The third kappa shape index (κ3) is 2.86. The van der Waals surface area contributed by atoms with E-state index in [0.717, 1.165) is 12.1 Å². The van der Waals surface area contributed by atoms with Crippen LogP contribution in [0.4, 0.5) is 15.8 Å². The minimum atomic E-state index is -0.828. The molecule has 0 bridgehead atoms. The maximum Gasteiger partial charge on any atom is 0.326 e. The number of carbonyl (C=O) groups is 1. The number of hydrogen-bond donors (Lipinski definition) is 4. The van der Waals surface area contributed by atoms with Gasteiger partial charge in [0, 0.05) is 11.8 Å². The van der Waals surface area contributed by atoms with Gasteiger partial charge < -0.3 is 16.0 Å². The highest BCUT2D eigenvalue weighted by Crippen LogP contribution is 2.17. The van der Waals surface area contributed by atoms with Gasteiger partial charge in [-0.1, -0.05) is 0 Å². The van der Waals surface area contributed by atoms with Crippen molar-refractivity contribution >= 4 is 17.3 Å². The van der Waals surface area contributed by atoms with Crippen LogP contribution in [0.2, 0.25) is 0 Å². The number of aromatic amines is 2. The Balaban J connectivity index is 2.33. The number of benzene rings is 1. The largest absolute Gasteiger partial charge is 0.399 e. The summed E-state index contributed by atoms with van der Waals surface area (Å²) in [5, 5.41) is 2.20. The molecule has 0 aliphatic carbocycles. The molecule has 0 atom stereocenters. The van der Waals surface area contributed by atoms with Crippen LogP contribution < -0.4 is 22.3 Å². The molecule has 2 aromatic rings. The van der Waals surface area contributed by atoms with Crippen molar-refractivity contribution in [3.8, 4) is 0 Å². The third-order valence-electron chi connectivity index (χ3n) is 2.24. The zero-order chi connectivity index (χ0) is 14.0. The Morgan fingerprint density at radius 2 is 1.95 bits per heavy atom. The Morgan fingerprint density at radius 1 is 1.21 bits per heavy atom. The van der Waals surface area contributed by atoms with Crippen molar-refractivity contribution in [1.29, 1.82) is 0 Å². The number of nitrogens with two attached hydrogens (primary N) is 1. The van der Waals surface area contributed by atoms with E-state index in [0.29, 0.717) is 0 Å². The van der Waals surface area contributed by atoms with E-state index in [9.17, 15) is 18.8 Å². The van der Waals surface area contributed by atoms with Crippen LogP contribution in [0.3, 0.4) is 0 Å². The van der Waals surface area contributed by atoms with E-state index in [1.807, 2.05) is 4.98 Å². The molecule has 0 aliphatic heterocycles. The summed E-state index contributed by atoms with van der Waals surface area (Å²) in [6.07, 6.45) is 0. The van der Waals surface area contributed by atoms with Crippen molar-refractivity contribution in [3.05, 3.63) is 56.6 Å². The zero-order valence-electron chi connectivity index (χ0n) is 9.49. The molecular weight excluding hydrogens is 255 g/mol. The van der Waals surface area contributed by atoms with E-state index in [-0.39, 0.29) is 17.1 Å². The van der Waals surface area contributed by atoms with Gasteiger partial charge in [-0.3, -0.25) is 14.6 Å². The number of hydrogen-bond acceptors (Lipinski definition) is 4. The first-order chi connectivity index (χ1) is 8.95. The predicted octanol–water partition coefficient (Wildman–Crippen LogP) is 0.0368. The second-order valence-corrected chi connectivity index (χ2v) is 3.69. The molecule has 0 saturated carbocycles. The highest BCUT2D eigenvalue weighted by atomic mass is 19.1. The lowest BCUT2D eigenvalue weighted by atomic mass is 10.2. The van der Waals surface area contributed by atoms with Crippen LogP contribution in [-0.4, -0.2) is 15.9 Å².